The largest absolute Gasteiger partial charge is 0.478 e. The van der Waals surface area contributed by atoms with Gasteiger partial charge in [-0.2, -0.15) is 0 Å². The standard InChI is InChI=1S/C10H18O4/c11-8-4-2-1-3-5-9(12)6-7-10(13)14/h6-7,9,11-12H,1-5,8H2,(H,13,14). The lowest BCUT2D eigenvalue weighted by Crippen LogP contribution is -2.03. The van der Waals surface area contributed by atoms with Crippen LogP contribution in [-0.4, -0.2) is 34.0 Å². The van der Waals surface area contributed by atoms with Gasteiger partial charge in [0, 0.05) is 12.7 Å². The van der Waals surface area contributed by atoms with Crippen molar-refractivity contribution < 1.29 is 20.1 Å². The summed E-state index contributed by atoms with van der Waals surface area (Å²) in [6.45, 7) is 0.210. The third-order valence-corrected chi connectivity index (χ3v) is 1.87. The average molecular weight is 202 g/mol. The lowest BCUT2D eigenvalue weighted by molar-refractivity contribution is -0.131. The van der Waals surface area contributed by atoms with Crippen molar-refractivity contribution in [2.45, 2.75) is 38.2 Å². The molecule has 0 amide bonds. The van der Waals surface area contributed by atoms with Crippen LogP contribution in [0.1, 0.15) is 32.1 Å². The molecule has 0 aliphatic rings. The van der Waals surface area contributed by atoms with E-state index in [0.717, 1.165) is 31.8 Å². The lowest BCUT2D eigenvalue weighted by Gasteiger charge is -2.04. The van der Waals surface area contributed by atoms with Gasteiger partial charge >= 0.3 is 5.97 Å². The molecule has 0 aliphatic heterocycles. The van der Waals surface area contributed by atoms with Gasteiger partial charge in [-0.15, -0.1) is 0 Å². The topological polar surface area (TPSA) is 77.8 Å². The summed E-state index contributed by atoms with van der Waals surface area (Å²) in [7, 11) is 0. The first kappa shape index (κ1) is 13.1. The van der Waals surface area contributed by atoms with E-state index in [9.17, 15) is 9.90 Å². The van der Waals surface area contributed by atoms with E-state index in [1.165, 1.54) is 6.08 Å². The van der Waals surface area contributed by atoms with E-state index < -0.39 is 12.1 Å². The fourth-order valence-corrected chi connectivity index (χ4v) is 1.11. The first-order valence-electron chi connectivity index (χ1n) is 4.87. The van der Waals surface area contributed by atoms with Crippen molar-refractivity contribution in [3.63, 3.8) is 0 Å². The Kier molecular flexibility index (Phi) is 8.17. The van der Waals surface area contributed by atoms with Crippen molar-refractivity contribution >= 4 is 5.97 Å². The normalized spacial score (nSPS) is 13.3. The number of hydrogen-bond donors (Lipinski definition) is 3. The summed E-state index contributed by atoms with van der Waals surface area (Å²) in [6, 6.07) is 0. The molecule has 0 bridgehead atoms. The van der Waals surface area contributed by atoms with Gasteiger partial charge in [-0.05, 0) is 18.9 Å². The third-order valence-electron chi connectivity index (χ3n) is 1.87. The van der Waals surface area contributed by atoms with Crippen LogP contribution in [0, 0.1) is 0 Å². The molecule has 0 heterocycles. The van der Waals surface area contributed by atoms with Gasteiger partial charge in [-0.1, -0.05) is 19.3 Å². The first-order chi connectivity index (χ1) is 6.66. The SMILES string of the molecule is O=C(O)C=CC(O)CCCCCCO. The minimum absolute atomic E-state index is 0.210. The highest BCUT2D eigenvalue weighted by Gasteiger charge is 1.99. The average Bonchev–Trinajstić information content (AvgIpc) is 2.14. The molecular weight excluding hydrogens is 184 g/mol. The number of rotatable bonds is 8. The second-order valence-corrected chi connectivity index (χ2v) is 3.19. The number of hydrogen-bond acceptors (Lipinski definition) is 3. The highest BCUT2D eigenvalue weighted by molar-refractivity contribution is 5.79. The Labute approximate surface area is 83.9 Å². The van der Waals surface area contributed by atoms with Crippen LogP contribution < -0.4 is 0 Å². The quantitative estimate of drug-likeness (QED) is 0.404. The lowest BCUT2D eigenvalue weighted by atomic mass is 10.1. The van der Waals surface area contributed by atoms with Gasteiger partial charge in [0.1, 0.15) is 0 Å². The molecule has 0 spiro atoms. The van der Waals surface area contributed by atoms with E-state index in [1.807, 2.05) is 0 Å². The Morgan fingerprint density at radius 2 is 1.86 bits per heavy atom. The molecular formula is C10H18O4. The summed E-state index contributed by atoms with van der Waals surface area (Å²) in [5, 5.41) is 26.0. The van der Waals surface area contributed by atoms with Crippen molar-refractivity contribution in [3.8, 4) is 0 Å². The van der Waals surface area contributed by atoms with E-state index in [2.05, 4.69) is 0 Å². The summed E-state index contributed by atoms with van der Waals surface area (Å²) in [5.41, 5.74) is 0. The van der Waals surface area contributed by atoms with Crippen molar-refractivity contribution in [1.82, 2.24) is 0 Å². The molecule has 0 fully saturated rings. The summed E-state index contributed by atoms with van der Waals surface area (Å²) in [5.74, 6) is -1.04. The number of aliphatic carboxylic acids is 1. The second-order valence-electron chi connectivity index (χ2n) is 3.19. The molecule has 0 saturated heterocycles. The molecule has 0 saturated carbocycles. The maximum absolute atomic E-state index is 10.1. The molecule has 0 aliphatic carbocycles. The summed E-state index contributed by atoms with van der Waals surface area (Å²) in [6.07, 6.45) is 5.71. The number of unbranched alkanes of at least 4 members (excludes halogenated alkanes) is 3. The van der Waals surface area contributed by atoms with Crippen molar-refractivity contribution in [2.24, 2.45) is 0 Å². The second kappa shape index (κ2) is 8.72. The van der Waals surface area contributed by atoms with Crippen LogP contribution in [0.5, 0.6) is 0 Å². The minimum Gasteiger partial charge on any atom is -0.478 e. The predicted octanol–water partition coefficient (Wildman–Crippen LogP) is 0.931. The fraction of sp³-hybridized carbons (Fsp3) is 0.700. The highest BCUT2D eigenvalue weighted by atomic mass is 16.4. The van der Waals surface area contributed by atoms with Crippen LogP contribution in [-0.2, 0) is 4.79 Å². The van der Waals surface area contributed by atoms with Crippen LogP contribution in [0.25, 0.3) is 0 Å². The fourth-order valence-electron chi connectivity index (χ4n) is 1.11. The summed E-state index contributed by atoms with van der Waals surface area (Å²) in [4.78, 5) is 10.1. The van der Waals surface area contributed by atoms with Crippen LogP contribution in [0.4, 0.5) is 0 Å². The number of aliphatic hydroxyl groups is 2. The Morgan fingerprint density at radius 3 is 2.43 bits per heavy atom. The third kappa shape index (κ3) is 9.22. The molecule has 0 radical (unpaired) electrons. The molecule has 1 unspecified atom stereocenters. The Morgan fingerprint density at radius 1 is 1.21 bits per heavy atom. The summed E-state index contributed by atoms with van der Waals surface area (Å²) >= 11 is 0. The molecule has 1 atom stereocenters. The van der Waals surface area contributed by atoms with Gasteiger partial charge in [-0.25, -0.2) is 4.79 Å². The smallest absolute Gasteiger partial charge is 0.328 e. The van der Waals surface area contributed by atoms with Crippen molar-refractivity contribution in [3.05, 3.63) is 12.2 Å². The number of carboxylic acids is 1. The number of carboxylic acid groups (broad SMARTS) is 1. The van der Waals surface area contributed by atoms with Gasteiger partial charge in [0.2, 0.25) is 0 Å². The first-order valence-corrected chi connectivity index (χ1v) is 4.87. The minimum atomic E-state index is -1.04. The maximum atomic E-state index is 10.1. The van der Waals surface area contributed by atoms with Crippen molar-refractivity contribution in [1.29, 1.82) is 0 Å². The van der Waals surface area contributed by atoms with Gasteiger partial charge in [0.15, 0.2) is 0 Å². The van der Waals surface area contributed by atoms with Gasteiger partial charge in [0.05, 0.1) is 6.10 Å². The zero-order chi connectivity index (χ0) is 10.8. The number of carbonyl (C=O) groups is 1. The number of aliphatic hydroxyl groups excluding tert-OH is 2. The molecule has 14 heavy (non-hydrogen) atoms. The molecule has 0 aromatic heterocycles. The Bertz CT molecular complexity index is 177. The van der Waals surface area contributed by atoms with E-state index in [4.69, 9.17) is 10.2 Å². The monoisotopic (exact) mass is 202 g/mol. The maximum Gasteiger partial charge on any atom is 0.328 e. The van der Waals surface area contributed by atoms with E-state index in [-0.39, 0.29) is 6.61 Å². The molecule has 82 valence electrons. The van der Waals surface area contributed by atoms with Crippen LogP contribution in [0.15, 0.2) is 12.2 Å². The predicted molar refractivity (Wildman–Crippen MR) is 53.0 cm³/mol. The van der Waals surface area contributed by atoms with Gasteiger partial charge in [-0.3, -0.25) is 0 Å². The van der Waals surface area contributed by atoms with Crippen LogP contribution in [0.3, 0.4) is 0 Å². The van der Waals surface area contributed by atoms with Gasteiger partial charge in [0.25, 0.3) is 0 Å². The van der Waals surface area contributed by atoms with E-state index >= 15 is 0 Å². The van der Waals surface area contributed by atoms with Crippen LogP contribution >= 0.6 is 0 Å². The molecule has 3 N–H and O–H groups in total. The molecule has 4 nitrogen and oxygen atoms in total. The van der Waals surface area contributed by atoms with E-state index in [1.54, 1.807) is 0 Å². The zero-order valence-electron chi connectivity index (χ0n) is 8.22. The van der Waals surface area contributed by atoms with Gasteiger partial charge < -0.3 is 15.3 Å². The van der Waals surface area contributed by atoms with Crippen molar-refractivity contribution in [2.75, 3.05) is 6.61 Å². The highest BCUT2D eigenvalue weighted by Crippen LogP contribution is 2.06. The van der Waals surface area contributed by atoms with E-state index in [0.29, 0.717) is 6.42 Å². The summed E-state index contributed by atoms with van der Waals surface area (Å²) < 4.78 is 0. The zero-order valence-corrected chi connectivity index (χ0v) is 8.22. The Balaban J connectivity index is 3.35. The Hall–Kier alpha value is -0.870. The molecule has 0 aromatic carbocycles. The molecule has 0 aromatic rings. The molecule has 4 heteroatoms. The molecule has 0 rings (SSSR count). The van der Waals surface area contributed by atoms with Crippen LogP contribution in [0.2, 0.25) is 0 Å².